The lowest BCUT2D eigenvalue weighted by molar-refractivity contribution is -0.130. The maximum atomic E-state index is 12.1. The fourth-order valence-electron chi connectivity index (χ4n) is 2.55. The van der Waals surface area contributed by atoms with E-state index in [1.807, 2.05) is 4.90 Å². The highest BCUT2D eigenvalue weighted by molar-refractivity contribution is 5.98. The molecule has 1 atom stereocenters. The van der Waals surface area contributed by atoms with Gasteiger partial charge in [0, 0.05) is 31.5 Å². The van der Waals surface area contributed by atoms with E-state index in [0.29, 0.717) is 23.8 Å². The molecule has 2 rings (SSSR count). The van der Waals surface area contributed by atoms with Gasteiger partial charge in [0.15, 0.2) is 5.78 Å². The smallest absolute Gasteiger partial charge is 0.223 e. The number of halogens is 1. The maximum Gasteiger partial charge on any atom is 0.223 e. The second-order valence-corrected chi connectivity index (χ2v) is 5.38. The summed E-state index contributed by atoms with van der Waals surface area (Å²) in [5.41, 5.74) is 6.23. The normalized spacial score (nSPS) is 17.0. The minimum Gasteiger partial charge on any atom is -0.497 e. The molecule has 2 N–H and O–H groups in total. The number of hydrogen-bond acceptors (Lipinski definition) is 4. The number of likely N-dealkylation sites (tertiary alicyclic amines) is 1. The molecule has 5 nitrogen and oxygen atoms in total. The van der Waals surface area contributed by atoms with Gasteiger partial charge in [-0.1, -0.05) is 0 Å². The van der Waals surface area contributed by atoms with Crippen molar-refractivity contribution in [1.82, 2.24) is 4.90 Å². The number of carbonyl (C=O) groups excluding carboxylic acids is 2. The highest BCUT2D eigenvalue weighted by atomic mass is 35.5. The van der Waals surface area contributed by atoms with Gasteiger partial charge in [0.1, 0.15) is 5.75 Å². The number of carbonyl (C=O) groups is 2. The summed E-state index contributed by atoms with van der Waals surface area (Å²) in [6.45, 7) is 2.11. The maximum absolute atomic E-state index is 12.1. The summed E-state index contributed by atoms with van der Waals surface area (Å²) in [6, 6.07) is 6.96. The summed E-state index contributed by atoms with van der Waals surface area (Å²) in [4.78, 5) is 25.9. The number of amides is 1. The Morgan fingerprint density at radius 2 is 1.95 bits per heavy atom. The third-order valence-electron chi connectivity index (χ3n) is 3.95. The standard InChI is InChI=1S/C16H22N2O3.ClH/c1-21-14-4-2-13(3-5-14)15(19)6-7-16(20)18-9-8-12(10-17)11-18;/h2-5,12H,6-11,17H2,1H3;1H. The van der Waals surface area contributed by atoms with Gasteiger partial charge in [-0.3, -0.25) is 9.59 Å². The van der Waals surface area contributed by atoms with Gasteiger partial charge in [0.25, 0.3) is 0 Å². The van der Waals surface area contributed by atoms with Crippen LogP contribution in [0.4, 0.5) is 0 Å². The van der Waals surface area contributed by atoms with Crippen molar-refractivity contribution in [2.75, 3.05) is 26.7 Å². The molecule has 22 heavy (non-hydrogen) atoms. The molecule has 1 aliphatic heterocycles. The van der Waals surface area contributed by atoms with Gasteiger partial charge in [-0.15, -0.1) is 12.4 Å². The second-order valence-electron chi connectivity index (χ2n) is 5.38. The van der Waals surface area contributed by atoms with E-state index in [9.17, 15) is 9.59 Å². The zero-order valence-electron chi connectivity index (χ0n) is 12.8. The molecule has 1 aliphatic rings. The Labute approximate surface area is 137 Å². The lowest BCUT2D eigenvalue weighted by Gasteiger charge is -2.15. The van der Waals surface area contributed by atoms with Crippen LogP contribution in [0.3, 0.4) is 0 Å². The van der Waals surface area contributed by atoms with E-state index >= 15 is 0 Å². The van der Waals surface area contributed by atoms with Crippen LogP contribution in [0.15, 0.2) is 24.3 Å². The minimum absolute atomic E-state index is 0. The van der Waals surface area contributed by atoms with E-state index in [0.717, 1.165) is 19.5 Å². The molecule has 0 spiro atoms. The molecule has 1 aromatic carbocycles. The molecule has 1 unspecified atom stereocenters. The first-order valence-electron chi connectivity index (χ1n) is 7.29. The lowest BCUT2D eigenvalue weighted by atomic mass is 10.1. The minimum atomic E-state index is -0.0134. The van der Waals surface area contributed by atoms with Crippen LogP contribution in [-0.4, -0.2) is 43.3 Å². The number of ketones is 1. The average molecular weight is 327 g/mol. The SMILES string of the molecule is COc1ccc(C(=O)CCC(=O)N2CCC(CN)C2)cc1.Cl. The van der Waals surface area contributed by atoms with Crippen molar-refractivity contribution in [1.29, 1.82) is 0 Å². The van der Waals surface area contributed by atoms with Crippen molar-refractivity contribution >= 4 is 24.1 Å². The Kier molecular flexibility index (Phi) is 7.35. The number of nitrogens with zero attached hydrogens (tertiary/aromatic N) is 1. The van der Waals surface area contributed by atoms with E-state index in [-0.39, 0.29) is 36.9 Å². The predicted octanol–water partition coefficient (Wildman–Crippen LogP) is 1.89. The van der Waals surface area contributed by atoms with E-state index in [1.54, 1.807) is 31.4 Å². The molecule has 122 valence electrons. The van der Waals surface area contributed by atoms with Crippen molar-refractivity contribution < 1.29 is 14.3 Å². The van der Waals surface area contributed by atoms with Crippen molar-refractivity contribution in [3.63, 3.8) is 0 Å². The van der Waals surface area contributed by atoms with Gasteiger partial charge >= 0.3 is 0 Å². The Morgan fingerprint density at radius 1 is 1.27 bits per heavy atom. The number of rotatable bonds is 6. The zero-order valence-corrected chi connectivity index (χ0v) is 13.6. The number of methoxy groups -OCH3 is 1. The largest absolute Gasteiger partial charge is 0.497 e. The number of benzene rings is 1. The van der Waals surface area contributed by atoms with Crippen LogP contribution in [0.5, 0.6) is 5.75 Å². The molecule has 0 aromatic heterocycles. The van der Waals surface area contributed by atoms with Crippen molar-refractivity contribution in [3.05, 3.63) is 29.8 Å². The summed E-state index contributed by atoms with van der Waals surface area (Å²) in [7, 11) is 1.58. The summed E-state index contributed by atoms with van der Waals surface area (Å²) in [6.07, 6.45) is 1.48. The van der Waals surface area contributed by atoms with Gasteiger partial charge in [-0.05, 0) is 43.1 Å². The highest BCUT2D eigenvalue weighted by Crippen LogP contribution is 2.17. The molecule has 1 aromatic rings. The number of nitrogens with two attached hydrogens (primary N) is 1. The van der Waals surface area contributed by atoms with Crippen LogP contribution in [0.2, 0.25) is 0 Å². The van der Waals surface area contributed by atoms with Crippen LogP contribution >= 0.6 is 12.4 Å². The quantitative estimate of drug-likeness (QED) is 0.810. The van der Waals surface area contributed by atoms with E-state index in [4.69, 9.17) is 10.5 Å². The lowest BCUT2D eigenvalue weighted by Crippen LogP contribution is -2.30. The molecule has 0 aliphatic carbocycles. The fourth-order valence-corrected chi connectivity index (χ4v) is 2.55. The third kappa shape index (κ3) is 4.71. The van der Waals surface area contributed by atoms with Crippen molar-refractivity contribution in [2.45, 2.75) is 19.3 Å². The number of hydrogen-bond donors (Lipinski definition) is 1. The van der Waals surface area contributed by atoms with Crippen LogP contribution in [0, 0.1) is 5.92 Å². The first-order chi connectivity index (χ1) is 10.1. The summed E-state index contributed by atoms with van der Waals surface area (Å²) < 4.78 is 5.05. The van der Waals surface area contributed by atoms with Gasteiger partial charge in [-0.2, -0.15) is 0 Å². The van der Waals surface area contributed by atoms with Gasteiger partial charge in [-0.25, -0.2) is 0 Å². The molecule has 6 heteroatoms. The Balaban J connectivity index is 0.00000242. The van der Waals surface area contributed by atoms with E-state index < -0.39 is 0 Å². The summed E-state index contributed by atoms with van der Waals surface area (Å²) in [5, 5.41) is 0. The van der Waals surface area contributed by atoms with Gasteiger partial charge in [0.2, 0.25) is 5.91 Å². The summed E-state index contributed by atoms with van der Waals surface area (Å²) >= 11 is 0. The van der Waals surface area contributed by atoms with E-state index in [1.165, 1.54) is 0 Å². The van der Waals surface area contributed by atoms with Crippen molar-refractivity contribution in [3.8, 4) is 5.75 Å². The van der Waals surface area contributed by atoms with Gasteiger partial charge in [0.05, 0.1) is 7.11 Å². The number of ether oxygens (including phenoxy) is 1. The second kappa shape index (κ2) is 8.76. The van der Waals surface area contributed by atoms with Crippen LogP contribution in [-0.2, 0) is 4.79 Å². The average Bonchev–Trinajstić information content (AvgIpc) is 3.01. The highest BCUT2D eigenvalue weighted by Gasteiger charge is 2.25. The summed E-state index contributed by atoms with van der Waals surface area (Å²) in [5.74, 6) is 1.16. The van der Waals surface area contributed by atoms with Crippen LogP contribution in [0.25, 0.3) is 0 Å². The Bertz CT molecular complexity index is 505. The van der Waals surface area contributed by atoms with Crippen molar-refractivity contribution in [2.24, 2.45) is 11.7 Å². The first kappa shape index (κ1) is 18.5. The Hall–Kier alpha value is -1.59. The fraction of sp³-hybridized carbons (Fsp3) is 0.500. The van der Waals surface area contributed by atoms with E-state index in [2.05, 4.69) is 0 Å². The molecule has 0 bridgehead atoms. The Morgan fingerprint density at radius 3 is 2.50 bits per heavy atom. The molecule has 1 saturated heterocycles. The molecule has 1 fully saturated rings. The van der Waals surface area contributed by atoms with Crippen LogP contribution < -0.4 is 10.5 Å². The topological polar surface area (TPSA) is 72.6 Å². The zero-order chi connectivity index (χ0) is 15.2. The number of Topliss-reactive ketones (excluding diaryl/α,β-unsaturated/α-hetero) is 1. The molecular formula is C16H23ClN2O3. The third-order valence-corrected chi connectivity index (χ3v) is 3.95. The molecule has 0 saturated carbocycles. The monoisotopic (exact) mass is 326 g/mol. The molecule has 1 amide bonds. The first-order valence-corrected chi connectivity index (χ1v) is 7.29. The molecule has 1 heterocycles. The van der Waals surface area contributed by atoms with Gasteiger partial charge < -0.3 is 15.4 Å². The molecular weight excluding hydrogens is 304 g/mol. The molecule has 0 radical (unpaired) electrons. The van der Waals surface area contributed by atoms with Crippen LogP contribution in [0.1, 0.15) is 29.6 Å². The predicted molar refractivity (Wildman–Crippen MR) is 87.5 cm³/mol.